The van der Waals surface area contributed by atoms with Gasteiger partial charge in [-0.25, -0.2) is 0 Å². The van der Waals surface area contributed by atoms with Gasteiger partial charge in [-0.15, -0.1) is 0 Å². The van der Waals surface area contributed by atoms with Crippen LogP contribution < -0.4 is 0 Å². The first kappa shape index (κ1) is 13.3. The molecule has 1 unspecified atom stereocenters. The molecule has 100 valence electrons. The number of aryl methyl sites for hydroxylation is 1. The summed E-state index contributed by atoms with van der Waals surface area (Å²) in [6.45, 7) is 1.91. The molecule has 4 nitrogen and oxygen atoms in total. The summed E-state index contributed by atoms with van der Waals surface area (Å²) >= 11 is 0. The molecular formula is C15H18N2O2. The Morgan fingerprint density at radius 3 is 2.53 bits per heavy atom. The molecule has 1 aromatic heterocycles. The molecule has 19 heavy (non-hydrogen) atoms. The number of aliphatic carboxylic acids is 1. The highest BCUT2D eigenvalue weighted by atomic mass is 16.4. The largest absolute Gasteiger partial charge is 0.481 e. The number of carboxylic acid groups (broad SMARTS) is 1. The van der Waals surface area contributed by atoms with Crippen molar-refractivity contribution in [2.45, 2.75) is 25.2 Å². The van der Waals surface area contributed by atoms with Crippen molar-refractivity contribution in [2.24, 2.45) is 7.05 Å². The fourth-order valence-electron chi connectivity index (χ4n) is 2.45. The van der Waals surface area contributed by atoms with Gasteiger partial charge in [0.05, 0.1) is 11.6 Å². The van der Waals surface area contributed by atoms with E-state index in [-0.39, 0.29) is 0 Å². The maximum absolute atomic E-state index is 11.8. The van der Waals surface area contributed by atoms with Crippen molar-refractivity contribution >= 4 is 5.97 Å². The van der Waals surface area contributed by atoms with Gasteiger partial charge in [-0.1, -0.05) is 37.3 Å². The molecule has 0 spiro atoms. The summed E-state index contributed by atoms with van der Waals surface area (Å²) < 4.78 is 1.70. The lowest BCUT2D eigenvalue weighted by molar-refractivity contribution is -0.144. The third kappa shape index (κ3) is 2.52. The summed E-state index contributed by atoms with van der Waals surface area (Å²) in [6, 6.07) is 9.43. The third-order valence-electron chi connectivity index (χ3n) is 3.60. The van der Waals surface area contributed by atoms with Crippen LogP contribution in [-0.4, -0.2) is 20.9 Å². The van der Waals surface area contributed by atoms with Gasteiger partial charge in [-0.2, -0.15) is 5.10 Å². The van der Waals surface area contributed by atoms with Crippen LogP contribution in [0.1, 0.15) is 24.5 Å². The lowest BCUT2D eigenvalue weighted by Gasteiger charge is -2.28. The molecule has 2 aromatic rings. The van der Waals surface area contributed by atoms with Gasteiger partial charge in [0.25, 0.3) is 0 Å². The van der Waals surface area contributed by atoms with Crippen molar-refractivity contribution < 1.29 is 9.90 Å². The summed E-state index contributed by atoms with van der Waals surface area (Å²) in [5, 5.41) is 13.8. The second-order valence-corrected chi connectivity index (χ2v) is 4.81. The zero-order valence-electron chi connectivity index (χ0n) is 11.2. The molecule has 0 bridgehead atoms. The molecule has 0 radical (unpaired) electrons. The molecule has 1 aromatic carbocycles. The highest BCUT2D eigenvalue weighted by Crippen LogP contribution is 2.32. The smallest absolute Gasteiger partial charge is 0.314 e. The normalized spacial score (nSPS) is 14.0. The summed E-state index contributed by atoms with van der Waals surface area (Å²) in [4.78, 5) is 11.8. The lowest BCUT2D eigenvalue weighted by Crippen LogP contribution is -2.37. The fourth-order valence-corrected chi connectivity index (χ4v) is 2.45. The third-order valence-corrected chi connectivity index (χ3v) is 3.60. The Kier molecular flexibility index (Phi) is 3.69. The van der Waals surface area contributed by atoms with Crippen LogP contribution in [0.4, 0.5) is 0 Å². The molecule has 0 amide bonds. The number of aromatic nitrogens is 2. The van der Waals surface area contributed by atoms with Crippen molar-refractivity contribution in [3.63, 3.8) is 0 Å². The zero-order valence-corrected chi connectivity index (χ0v) is 11.2. The average molecular weight is 258 g/mol. The van der Waals surface area contributed by atoms with Crippen LogP contribution in [0.5, 0.6) is 0 Å². The summed E-state index contributed by atoms with van der Waals surface area (Å²) in [6.07, 6.45) is 4.60. The van der Waals surface area contributed by atoms with Gasteiger partial charge in [0, 0.05) is 13.2 Å². The Bertz CT molecular complexity index is 563. The van der Waals surface area contributed by atoms with E-state index in [1.165, 1.54) is 0 Å². The molecule has 2 rings (SSSR count). The molecule has 1 N–H and O–H groups in total. The molecular weight excluding hydrogens is 240 g/mol. The predicted molar refractivity (Wildman–Crippen MR) is 73.0 cm³/mol. The van der Waals surface area contributed by atoms with Crippen LogP contribution in [0.2, 0.25) is 0 Å². The molecule has 0 saturated carbocycles. The Balaban J connectivity index is 2.43. The van der Waals surface area contributed by atoms with Crippen molar-refractivity contribution in [1.29, 1.82) is 0 Å². The van der Waals surface area contributed by atoms with Crippen molar-refractivity contribution in [3.05, 3.63) is 53.9 Å². The molecule has 0 aliphatic heterocycles. The second-order valence-electron chi connectivity index (χ2n) is 4.81. The van der Waals surface area contributed by atoms with Crippen LogP contribution in [0.15, 0.2) is 42.7 Å². The lowest BCUT2D eigenvalue weighted by atomic mass is 9.74. The van der Waals surface area contributed by atoms with Crippen molar-refractivity contribution in [1.82, 2.24) is 9.78 Å². The first-order valence-electron chi connectivity index (χ1n) is 6.35. The SMILES string of the molecule is CCC(Cc1cnn(C)c1)(C(=O)O)c1ccccc1. The highest BCUT2D eigenvalue weighted by molar-refractivity contribution is 5.81. The van der Waals surface area contributed by atoms with E-state index < -0.39 is 11.4 Å². The van der Waals surface area contributed by atoms with Crippen LogP contribution in [-0.2, 0) is 23.7 Å². The van der Waals surface area contributed by atoms with Crippen LogP contribution in [0.25, 0.3) is 0 Å². The minimum Gasteiger partial charge on any atom is -0.481 e. The molecule has 0 aliphatic rings. The average Bonchev–Trinajstić information content (AvgIpc) is 2.82. The Morgan fingerprint density at radius 2 is 2.05 bits per heavy atom. The quantitative estimate of drug-likeness (QED) is 0.896. The fraction of sp³-hybridized carbons (Fsp3) is 0.333. The van der Waals surface area contributed by atoms with E-state index in [0.29, 0.717) is 12.8 Å². The van der Waals surface area contributed by atoms with Gasteiger partial charge in [0.2, 0.25) is 0 Å². The van der Waals surface area contributed by atoms with Gasteiger partial charge in [-0.05, 0) is 24.0 Å². The maximum Gasteiger partial charge on any atom is 0.314 e. The van der Waals surface area contributed by atoms with Gasteiger partial charge in [0.1, 0.15) is 0 Å². The van der Waals surface area contributed by atoms with Gasteiger partial charge >= 0.3 is 5.97 Å². The number of rotatable bonds is 5. The zero-order chi connectivity index (χ0) is 13.9. The van der Waals surface area contributed by atoms with Gasteiger partial charge in [-0.3, -0.25) is 9.48 Å². The van der Waals surface area contributed by atoms with E-state index in [2.05, 4.69) is 5.10 Å². The van der Waals surface area contributed by atoms with Crippen LogP contribution >= 0.6 is 0 Å². The van der Waals surface area contributed by atoms with Crippen molar-refractivity contribution in [3.8, 4) is 0 Å². The molecule has 1 heterocycles. The maximum atomic E-state index is 11.8. The highest BCUT2D eigenvalue weighted by Gasteiger charge is 2.38. The molecule has 4 heteroatoms. The minimum atomic E-state index is -0.885. The minimum absolute atomic E-state index is 0.455. The van der Waals surface area contributed by atoms with E-state index in [9.17, 15) is 9.90 Å². The van der Waals surface area contributed by atoms with Gasteiger partial charge < -0.3 is 5.11 Å². The predicted octanol–water partition coefficient (Wildman–Crippen LogP) is 2.40. The molecule has 1 atom stereocenters. The van der Waals surface area contributed by atoms with E-state index >= 15 is 0 Å². The number of nitrogens with zero attached hydrogens (tertiary/aromatic N) is 2. The first-order valence-corrected chi connectivity index (χ1v) is 6.35. The summed E-state index contributed by atoms with van der Waals surface area (Å²) in [5.74, 6) is -0.787. The van der Waals surface area contributed by atoms with Crippen LogP contribution in [0.3, 0.4) is 0 Å². The molecule has 0 aliphatic carbocycles. The number of benzene rings is 1. The van der Waals surface area contributed by atoms with Crippen LogP contribution in [0, 0.1) is 0 Å². The molecule has 0 fully saturated rings. The summed E-state index contributed by atoms with van der Waals surface area (Å²) in [7, 11) is 1.83. The Labute approximate surface area is 112 Å². The Hall–Kier alpha value is -2.10. The first-order chi connectivity index (χ1) is 9.08. The number of hydrogen-bond donors (Lipinski definition) is 1. The number of carboxylic acids is 1. The topological polar surface area (TPSA) is 55.1 Å². The standard InChI is InChI=1S/C15H18N2O2/c1-3-15(14(18)19,13-7-5-4-6-8-13)9-12-10-16-17(2)11-12/h4-8,10-11H,3,9H2,1-2H3,(H,18,19). The van der Waals surface area contributed by atoms with E-state index in [4.69, 9.17) is 0 Å². The van der Waals surface area contributed by atoms with E-state index in [1.54, 1.807) is 10.9 Å². The Morgan fingerprint density at radius 1 is 1.37 bits per heavy atom. The summed E-state index contributed by atoms with van der Waals surface area (Å²) in [5.41, 5.74) is 0.897. The van der Waals surface area contributed by atoms with E-state index in [1.807, 2.05) is 50.5 Å². The van der Waals surface area contributed by atoms with Gasteiger partial charge in [0.15, 0.2) is 0 Å². The number of hydrogen-bond acceptors (Lipinski definition) is 2. The van der Waals surface area contributed by atoms with Crippen molar-refractivity contribution in [2.75, 3.05) is 0 Å². The number of carbonyl (C=O) groups is 1. The monoisotopic (exact) mass is 258 g/mol. The second kappa shape index (κ2) is 5.26. The van der Waals surface area contributed by atoms with E-state index in [0.717, 1.165) is 11.1 Å². The molecule has 0 saturated heterocycles.